The van der Waals surface area contributed by atoms with Crippen molar-refractivity contribution in [3.05, 3.63) is 0 Å². The molecule has 1 heterocycles. The molecule has 1 saturated heterocycles. The second-order valence-corrected chi connectivity index (χ2v) is 4.92. The van der Waals surface area contributed by atoms with E-state index in [2.05, 4.69) is 16.3 Å². The van der Waals surface area contributed by atoms with Crippen molar-refractivity contribution in [3.63, 3.8) is 0 Å². The van der Waals surface area contributed by atoms with E-state index in [1.54, 1.807) is 0 Å². The summed E-state index contributed by atoms with van der Waals surface area (Å²) in [6.45, 7) is 2.92. The summed E-state index contributed by atoms with van der Waals surface area (Å²) in [4.78, 5) is 14.1. The van der Waals surface area contributed by atoms with Crippen molar-refractivity contribution in [2.75, 3.05) is 6.54 Å². The van der Waals surface area contributed by atoms with Crippen LogP contribution < -0.4 is 5.32 Å². The number of nitrogens with zero attached hydrogens (tertiary/aromatic N) is 2. The standard InChI is InChI=1S/C12H19N3O/c1-9-8-15(10-4-2-3-5-10)11(6-7-13)12(16)14-9/h9-11H,2-6,8H2,1H3,(H,14,16). The quantitative estimate of drug-likeness (QED) is 0.757. The van der Waals surface area contributed by atoms with Gasteiger partial charge < -0.3 is 5.32 Å². The molecule has 1 aliphatic carbocycles. The zero-order chi connectivity index (χ0) is 11.5. The van der Waals surface area contributed by atoms with Gasteiger partial charge in [-0.1, -0.05) is 12.8 Å². The number of nitriles is 1. The van der Waals surface area contributed by atoms with Crippen molar-refractivity contribution in [1.82, 2.24) is 10.2 Å². The highest BCUT2D eigenvalue weighted by Gasteiger charge is 2.37. The third-order valence-electron chi connectivity index (χ3n) is 3.65. The summed E-state index contributed by atoms with van der Waals surface area (Å²) in [6, 6.07) is 2.65. The molecule has 88 valence electrons. The summed E-state index contributed by atoms with van der Waals surface area (Å²) < 4.78 is 0. The molecule has 2 atom stereocenters. The van der Waals surface area contributed by atoms with E-state index in [1.165, 1.54) is 25.7 Å². The fraction of sp³-hybridized carbons (Fsp3) is 0.833. The minimum atomic E-state index is -0.218. The number of amides is 1. The molecular formula is C12H19N3O. The monoisotopic (exact) mass is 221 g/mol. The fourth-order valence-electron chi connectivity index (χ4n) is 2.91. The Balaban J connectivity index is 2.10. The largest absolute Gasteiger partial charge is 0.351 e. The molecule has 0 radical (unpaired) electrons. The zero-order valence-corrected chi connectivity index (χ0v) is 9.78. The Morgan fingerprint density at radius 3 is 2.81 bits per heavy atom. The molecule has 1 amide bonds. The van der Waals surface area contributed by atoms with Gasteiger partial charge >= 0.3 is 0 Å². The summed E-state index contributed by atoms with van der Waals surface area (Å²) in [7, 11) is 0. The van der Waals surface area contributed by atoms with Crippen molar-refractivity contribution in [2.24, 2.45) is 0 Å². The van der Waals surface area contributed by atoms with Crippen LogP contribution in [-0.4, -0.2) is 35.5 Å². The van der Waals surface area contributed by atoms with E-state index < -0.39 is 0 Å². The van der Waals surface area contributed by atoms with Crippen molar-refractivity contribution in [3.8, 4) is 6.07 Å². The topological polar surface area (TPSA) is 56.1 Å². The Morgan fingerprint density at radius 2 is 2.19 bits per heavy atom. The third kappa shape index (κ3) is 2.19. The molecule has 0 aromatic rings. The van der Waals surface area contributed by atoms with Crippen LogP contribution in [0, 0.1) is 11.3 Å². The number of piperazine rings is 1. The van der Waals surface area contributed by atoms with Gasteiger partial charge in [0.25, 0.3) is 0 Å². The minimum absolute atomic E-state index is 0.0344. The van der Waals surface area contributed by atoms with Gasteiger partial charge in [-0.2, -0.15) is 5.26 Å². The van der Waals surface area contributed by atoms with E-state index in [0.717, 1.165) is 6.54 Å². The Kier molecular flexibility index (Phi) is 3.45. The lowest BCUT2D eigenvalue weighted by Crippen LogP contribution is -2.61. The van der Waals surface area contributed by atoms with Crippen LogP contribution in [-0.2, 0) is 4.79 Å². The van der Waals surface area contributed by atoms with Crippen LogP contribution in [0.4, 0.5) is 0 Å². The van der Waals surface area contributed by atoms with Gasteiger partial charge in [0.05, 0.1) is 12.5 Å². The predicted octanol–water partition coefficient (Wildman–Crippen LogP) is 1.03. The van der Waals surface area contributed by atoms with Crippen LogP contribution in [0.15, 0.2) is 0 Å². The van der Waals surface area contributed by atoms with E-state index in [0.29, 0.717) is 12.5 Å². The molecular weight excluding hydrogens is 202 g/mol. The van der Waals surface area contributed by atoms with Gasteiger partial charge in [0.2, 0.25) is 5.91 Å². The number of hydrogen-bond acceptors (Lipinski definition) is 3. The van der Waals surface area contributed by atoms with Crippen LogP contribution in [0.5, 0.6) is 0 Å². The van der Waals surface area contributed by atoms with Gasteiger partial charge in [-0.3, -0.25) is 9.69 Å². The second-order valence-electron chi connectivity index (χ2n) is 4.92. The van der Waals surface area contributed by atoms with Crippen molar-refractivity contribution in [1.29, 1.82) is 5.26 Å². The highest BCUT2D eigenvalue weighted by atomic mass is 16.2. The summed E-state index contributed by atoms with van der Waals surface area (Å²) in [5.41, 5.74) is 0. The van der Waals surface area contributed by atoms with Crippen molar-refractivity contribution >= 4 is 5.91 Å². The Labute approximate surface area is 96.6 Å². The molecule has 0 aromatic heterocycles. The maximum absolute atomic E-state index is 11.9. The average Bonchev–Trinajstić information content (AvgIpc) is 2.75. The minimum Gasteiger partial charge on any atom is -0.351 e. The number of nitrogens with one attached hydrogen (secondary N) is 1. The molecule has 4 heteroatoms. The SMILES string of the molecule is CC1CN(C2CCCC2)C(CC#N)C(=O)N1. The Hall–Kier alpha value is -1.08. The van der Waals surface area contributed by atoms with Crippen LogP contribution >= 0.6 is 0 Å². The molecule has 1 N–H and O–H groups in total. The van der Waals surface area contributed by atoms with E-state index in [1.807, 2.05) is 6.92 Å². The lowest BCUT2D eigenvalue weighted by atomic mass is 10.0. The Morgan fingerprint density at radius 1 is 1.50 bits per heavy atom. The third-order valence-corrected chi connectivity index (χ3v) is 3.65. The van der Waals surface area contributed by atoms with Crippen LogP contribution in [0.3, 0.4) is 0 Å². The normalized spacial score (nSPS) is 32.4. The molecule has 2 rings (SSSR count). The fourth-order valence-corrected chi connectivity index (χ4v) is 2.91. The van der Waals surface area contributed by atoms with Gasteiger partial charge in [-0.15, -0.1) is 0 Å². The lowest BCUT2D eigenvalue weighted by molar-refractivity contribution is -0.131. The predicted molar refractivity (Wildman–Crippen MR) is 60.6 cm³/mol. The second kappa shape index (κ2) is 4.84. The summed E-state index contributed by atoms with van der Waals surface area (Å²) in [5.74, 6) is 0.0344. The van der Waals surface area contributed by atoms with Crippen LogP contribution in [0.25, 0.3) is 0 Å². The zero-order valence-electron chi connectivity index (χ0n) is 9.78. The van der Waals surface area contributed by atoms with E-state index in [9.17, 15) is 4.79 Å². The van der Waals surface area contributed by atoms with Gasteiger partial charge in [0.15, 0.2) is 0 Å². The number of carbonyl (C=O) groups is 1. The first-order valence-electron chi connectivity index (χ1n) is 6.15. The highest BCUT2D eigenvalue weighted by molar-refractivity contribution is 5.83. The van der Waals surface area contributed by atoms with Gasteiger partial charge in [-0.25, -0.2) is 0 Å². The molecule has 4 nitrogen and oxygen atoms in total. The maximum atomic E-state index is 11.9. The Bertz CT molecular complexity index is 304. The van der Waals surface area contributed by atoms with Gasteiger partial charge in [0, 0.05) is 18.6 Å². The van der Waals surface area contributed by atoms with E-state index in [4.69, 9.17) is 5.26 Å². The molecule has 2 unspecified atom stereocenters. The molecule has 16 heavy (non-hydrogen) atoms. The molecule has 1 saturated carbocycles. The number of rotatable bonds is 2. The first-order chi connectivity index (χ1) is 7.72. The van der Waals surface area contributed by atoms with Crippen LogP contribution in [0.1, 0.15) is 39.0 Å². The maximum Gasteiger partial charge on any atom is 0.238 e. The summed E-state index contributed by atoms with van der Waals surface area (Å²) in [6.07, 6.45) is 5.20. The molecule has 2 fully saturated rings. The molecule has 0 bridgehead atoms. The smallest absolute Gasteiger partial charge is 0.238 e. The van der Waals surface area contributed by atoms with E-state index in [-0.39, 0.29) is 18.0 Å². The first-order valence-corrected chi connectivity index (χ1v) is 6.15. The lowest BCUT2D eigenvalue weighted by Gasteiger charge is -2.41. The van der Waals surface area contributed by atoms with Crippen molar-refractivity contribution in [2.45, 2.75) is 57.2 Å². The van der Waals surface area contributed by atoms with Crippen LogP contribution in [0.2, 0.25) is 0 Å². The molecule has 1 aliphatic heterocycles. The number of carbonyl (C=O) groups excluding carboxylic acids is 1. The van der Waals surface area contributed by atoms with E-state index >= 15 is 0 Å². The summed E-state index contributed by atoms with van der Waals surface area (Å²) >= 11 is 0. The van der Waals surface area contributed by atoms with Gasteiger partial charge in [0.1, 0.15) is 6.04 Å². The van der Waals surface area contributed by atoms with Gasteiger partial charge in [-0.05, 0) is 19.8 Å². The average molecular weight is 221 g/mol. The van der Waals surface area contributed by atoms with Crippen molar-refractivity contribution < 1.29 is 4.79 Å². The summed E-state index contributed by atoms with van der Waals surface area (Å²) in [5, 5.41) is 11.7. The molecule has 0 spiro atoms. The molecule has 2 aliphatic rings. The highest BCUT2D eigenvalue weighted by Crippen LogP contribution is 2.27. The molecule has 0 aromatic carbocycles. The first kappa shape index (κ1) is 11.4. The number of hydrogen-bond donors (Lipinski definition) is 1.